The molecule has 0 bridgehead atoms. The Balaban J connectivity index is 2.00. The van der Waals surface area contributed by atoms with Crippen LogP contribution in [0, 0.1) is 5.82 Å². The Labute approximate surface area is 195 Å². The fraction of sp³-hybridized carbons (Fsp3) is 0.0741. The minimum absolute atomic E-state index is 0.203. The second-order valence-electron chi connectivity index (χ2n) is 7.84. The first kappa shape index (κ1) is 22.4. The average molecular weight is 509 g/mol. The van der Waals surface area contributed by atoms with Gasteiger partial charge in [0.1, 0.15) is 0 Å². The van der Waals surface area contributed by atoms with E-state index in [-0.39, 0.29) is 12.2 Å². The first-order chi connectivity index (χ1) is 15.4. The van der Waals surface area contributed by atoms with Gasteiger partial charge >= 0.3 is 196 Å². The molecule has 4 rings (SSSR count). The number of hydrogen-bond donors (Lipinski definition) is 1. The number of halogens is 2. The van der Waals surface area contributed by atoms with Crippen molar-refractivity contribution in [3.05, 3.63) is 126 Å². The Morgan fingerprint density at radius 2 is 1.19 bits per heavy atom. The van der Waals surface area contributed by atoms with Crippen LogP contribution in [0.2, 0.25) is 0 Å². The SMILES string of the molecule is O=C(O)Cc1ccc(CP(Br)(c2ccccc2)(c2ccccc2)c2ccccc2)c(F)c1. The Morgan fingerprint density at radius 1 is 0.750 bits per heavy atom. The Hall–Kier alpha value is -2.81. The third kappa shape index (κ3) is 4.01. The van der Waals surface area contributed by atoms with E-state index in [0.717, 1.165) is 15.9 Å². The fourth-order valence-electron chi connectivity index (χ4n) is 4.26. The molecule has 4 aromatic rings. The quantitative estimate of drug-likeness (QED) is 0.320. The normalized spacial score (nSPS) is 12.6. The van der Waals surface area contributed by atoms with Crippen molar-refractivity contribution in [1.29, 1.82) is 0 Å². The van der Waals surface area contributed by atoms with Crippen molar-refractivity contribution in [3.63, 3.8) is 0 Å². The van der Waals surface area contributed by atoms with Crippen LogP contribution in [-0.2, 0) is 17.4 Å². The van der Waals surface area contributed by atoms with E-state index in [4.69, 9.17) is 5.11 Å². The van der Waals surface area contributed by atoms with Gasteiger partial charge < -0.3 is 0 Å². The van der Waals surface area contributed by atoms with Gasteiger partial charge in [0.25, 0.3) is 0 Å². The number of carboxylic acids is 1. The molecule has 0 aromatic heterocycles. The molecule has 0 fully saturated rings. The first-order valence-electron chi connectivity index (χ1n) is 10.3. The van der Waals surface area contributed by atoms with E-state index in [9.17, 15) is 4.79 Å². The molecular weight excluding hydrogens is 486 g/mol. The molecule has 0 aliphatic rings. The molecule has 1 N–H and O–H groups in total. The van der Waals surface area contributed by atoms with Gasteiger partial charge in [0, 0.05) is 0 Å². The summed E-state index contributed by atoms with van der Waals surface area (Å²) in [4.78, 5) is 11.1. The van der Waals surface area contributed by atoms with E-state index in [1.54, 1.807) is 12.1 Å². The van der Waals surface area contributed by atoms with Gasteiger partial charge in [-0.2, -0.15) is 0 Å². The zero-order valence-electron chi connectivity index (χ0n) is 17.4. The maximum absolute atomic E-state index is 15.4. The van der Waals surface area contributed by atoms with Crippen molar-refractivity contribution in [3.8, 4) is 0 Å². The topological polar surface area (TPSA) is 37.3 Å². The second-order valence-corrected chi connectivity index (χ2v) is 16.8. The van der Waals surface area contributed by atoms with Crippen LogP contribution in [0.25, 0.3) is 0 Å². The summed E-state index contributed by atoms with van der Waals surface area (Å²) in [5.41, 5.74) is 0.998. The predicted molar refractivity (Wildman–Crippen MR) is 136 cm³/mol. The van der Waals surface area contributed by atoms with Gasteiger partial charge in [0.2, 0.25) is 0 Å². The van der Waals surface area contributed by atoms with Crippen molar-refractivity contribution in [2.45, 2.75) is 12.6 Å². The molecule has 0 unspecified atom stereocenters. The molecular formula is C27H23BrFO2P. The first-order valence-corrected chi connectivity index (χ1v) is 14.7. The summed E-state index contributed by atoms with van der Waals surface area (Å²) in [7, 11) is 0. The van der Waals surface area contributed by atoms with Crippen LogP contribution in [0.4, 0.5) is 4.39 Å². The molecule has 0 saturated heterocycles. The molecule has 4 aromatic carbocycles. The molecule has 162 valence electrons. The summed E-state index contributed by atoms with van der Waals surface area (Å²) in [6.45, 7) is 0. The van der Waals surface area contributed by atoms with E-state index < -0.39 is 11.3 Å². The molecule has 0 amide bonds. The molecule has 0 heterocycles. The van der Waals surface area contributed by atoms with Gasteiger partial charge in [-0.1, -0.05) is 0 Å². The van der Waals surface area contributed by atoms with E-state index in [1.807, 2.05) is 54.6 Å². The van der Waals surface area contributed by atoms with E-state index in [1.165, 1.54) is 6.07 Å². The van der Waals surface area contributed by atoms with Crippen LogP contribution in [-0.4, -0.2) is 11.1 Å². The zero-order valence-corrected chi connectivity index (χ0v) is 19.8. The number of rotatable bonds is 7. The summed E-state index contributed by atoms with van der Waals surface area (Å²) >= 11 is 4.32. The number of hydrogen-bond acceptors (Lipinski definition) is 1. The van der Waals surface area contributed by atoms with Crippen LogP contribution in [0.3, 0.4) is 0 Å². The fourth-order valence-corrected chi connectivity index (χ4v) is 11.9. The molecule has 0 atom stereocenters. The van der Waals surface area contributed by atoms with Gasteiger partial charge in [-0.25, -0.2) is 0 Å². The number of carbonyl (C=O) groups is 1. The van der Waals surface area contributed by atoms with Crippen LogP contribution in [0.1, 0.15) is 11.1 Å². The van der Waals surface area contributed by atoms with Gasteiger partial charge in [-0.3, -0.25) is 0 Å². The predicted octanol–water partition coefficient (Wildman–Crippen LogP) is 5.79. The molecule has 2 nitrogen and oxygen atoms in total. The number of aliphatic carboxylic acids is 1. The third-order valence-corrected chi connectivity index (χ3v) is 15.3. The number of benzene rings is 4. The molecule has 5 heteroatoms. The minimum atomic E-state index is -3.31. The summed E-state index contributed by atoms with van der Waals surface area (Å²) in [5, 5.41) is 9.07. The van der Waals surface area contributed by atoms with Gasteiger partial charge in [0.15, 0.2) is 0 Å². The third-order valence-electron chi connectivity index (χ3n) is 5.82. The van der Waals surface area contributed by atoms with Crippen molar-refractivity contribution in [1.82, 2.24) is 0 Å². The van der Waals surface area contributed by atoms with Crippen molar-refractivity contribution in [2.24, 2.45) is 0 Å². The molecule has 0 spiro atoms. The van der Waals surface area contributed by atoms with Crippen molar-refractivity contribution < 1.29 is 14.3 Å². The molecule has 0 aliphatic carbocycles. The van der Waals surface area contributed by atoms with E-state index >= 15 is 4.39 Å². The molecule has 0 aliphatic heterocycles. The molecule has 32 heavy (non-hydrogen) atoms. The Bertz CT molecular complexity index is 1130. The summed E-state index contributed by atoms with van der Waals surface area (Å²) in [6, 6.07) is 35.4. The zero-order chi connectivity index (χ0) is 22.6. The van der Waals surface area contributed by atoms with Crippen LogP contribution in [0.5, 0.6) is 0 Å². The Morgan fingerprint density at radius 3 is 1.56 bits per heavy atom. The second kappa shape index (κ2) is 8.97. The van der Waals surface area contributed by atoms with Crippen LogP contribution >= 0.6 is 20.8 Å². The summed E-state index contributed by atoms with van der Waals surface area (Å²) in [6.07, 6.45) is 0.216. The van der Waals surface area contributed by atoms with Crippen LogP contribution in [0.15, 0.2) is 109 Å². The standard InChI is InChI=1S/C27H23BrFO2P/c28-32(23-10-4-1-5-11-23,24-12-6-2-7-13-24,25-14-8-3-9-15-25)20-22-17-16-21(18-26(22)29)19-27(30)31/h1-18H,19-20H2,(H,30,31). The van der Waals surface area contributed by atoms with Crippen molar-refractivity contribution in [2.75, 3.05) is 0 Å². The number of carboxylic acid groups (broad SMARTS) is 1. The van der Waals surface area contributed by atoms with Gasteiger partial charge in [0.05, 0.1) is 0 Å². The monoisotopic (exact) mass is 508 g/mol. The molecule has 0 radical (unpaired) electrons. The summed E-state index contributed by atoms with van der Waals surface area (Å²) < 4.78 is 15.4. The van der Waals surface area contributed by atoms with E-state index in [0.29, 0.717) is 17.3 Å². The van der Waals surface area contributed by atoms with E-state index in [2.05, 4.69) is 51.9 Å². The Kier molecular flexibility index (Phi) is 6.28. The average Bonchev–Trinajstić information content (AvgIpc) is 2.82. The molecule has 0 saturated carbocycles. The maximum atomic E-state index is 15.4. The van der Waals surface area contributed by atoms with Gasteiger partial charge in [-0.15, -0.1) is 0 Å². The van der Waals surface area contributed by atoms with Crippen molar-refractivity contribution >= 4 is 42.7 Å². The van der Waals surface area contributed by atoms with Gasteiger partial charge in [-0.05, 0) is 0 Å². The van der Waals surface area contributed by atoms with Crippen LogP contribution < -0.4 is 15.9 Å². The summed E-state index contributed by atoms with van der Waals surface area (Å²) in [5.74, 6) is -1.37.